The van der Waals surface area contributed by atoms with E-state index in [0.29, 0.717) is 5.56 Å². The minimum Gasteiger partial charge on any atom is -0.493 e. The van der Waals surface area contributed by atoms with Crippen LogP contribution >= 0.6 is 0 Å². The lowest BCUT2D eigenvalue weighted by Crippen LogP contribution is -2.35. The zero-order chi connectivity index (χ0) is 16.0. The largest absolute Gasteiger partial charge is 0.493 e. The third-order valence-corrected chi connectivity index (χ3v) is 2.74. The summed E-state index contributed by atoms with van der Waals surface area (Å²) < 4.78 is 33.9. The highest BCUT2D eigenvalue weighted by Crippen LogP contribution is 2.29. The van der Waals surface area contributed by atoms with Gasteiger partial charge in [-0.2, -0.15) is 14.0 Å². The predicted molar refractivity (Wildman–Crippen MR) is 70.9 cm³/mol. The number of ether oxygens (including phenoxy) is 2. The van der Waals surface area contributed by atoms with Crippen molar-refractivity contribution in [3.8, 4) is 17.6 Å². The first-order valence-corrected chi connectivity index (χ1v) is 6.11. The van der Waals surface area contributed by atoms with Crippen LogP contribution in [0.1, 0.15) is 19.4 Å². The molecule has 1 amide bonds. The molecule has 0 spiro atoms. The van der Waals surface area contributed by atoms with E-state index in [4.69, 9.17) is 10.00 Å². The molecular weight excluding hydrogens is 282 g/mol. The van der Waals surface area contributed by atoms with Crippen LogP contribution in [-0.2, 0) is 11.3 Å². The first kappa shape index (κ1) is 16.7. The van der Waals surface area contributed by atoms with Crippen LogP contribution in [-0.4, -0.2) is 19.6 Å². The van der Waals surface area contributed by atoms with Crippen molar-refractivity contribution >= 4 is 5.91 Å². The van der Waals surface area contributed by atoms with E-state index in [9.17, 15) is 13.6 Å². The third kappa shape index (κ3) is 4.60. The van der Waals surface area contributed by atoms with Gasteiger partial charge in [-0.1, -0.05) is 6.07 Å². The zero-order valence-electron chi connectivity index (χ0n) is 11.9. The molecule has 0 aliphatic carbocycles. The van der Waals surface area contributed by atoms with Gasteiger partial charge in [-0.3, -0.25) is 4.79 Å². The summed E-state index contributed by atoms with van der Waals surface area (Å²) >= 11 is 0. The number of amides is 1. The second kappa shape index (κ2) is 6.88. The number of alkyl halides is 2. The number of hydrogen-bond acceptors (Lipinski definition) is 4. The van der Waals surface area contributed by atoms with Gasteiger partial charge in [0.15, 0.2) is 11.5 Å². The molecule has 0 saturated heterocycles. The number of methoxy groups -OCH3 is 1. The van der Waals surface area contributed by atoms with Crippen LogP contribution in [0.2, 0.25) is 0 Å². The Morgan fingerprint density at radius 1 is 1.43 bits per heavy atom. The molecule has 0 saturated carbocycles. The molecule has 7 heteroatoms. The molecule has 0 bridgehead atoms. The Kier molecular flexibility index (Phi) is 5.47. The summed E-state index contributed by atoms with van der Waals surface area (Å²) in [6.07, 6.45) is 0. The molecule has 0 aromatic heterocycles. The highest BCUT2D eigenvalue weighted by Gasteiger charge is 2.26. The van der Waals surface area contributed by atoms with Crippen molar-refractivity contribution in [2.75, 3.05) is 7.11 Å². The van der Waals surface area contributed by atoms with Gasteiger partial charge in [-0.05, 0) is 31.5 Å². The van der Waals surface area contributed by atoms with E-state index in [-0.39, 0.29) is 18.0 Å². The number of nitriles is 1. The summed E-state index contributed by atoms with van der Waals surface area (Å²) in [4.78, 5) is 11.7. The topological polar surface area (TPSA) is 71.3 Å². The SMILES string of the molecule is COc1ccc(CNC(=O)C(C)(C)C#N)cc1OC(F)F. The average molecular weight is 298 g/mol. The van der Waals surface area contributed by atoms with Crippen LogP contribution < -0.4 is 14.8 Å². The van der Waals surface area contributed by atoms with E-state index in [1.807, 2.05) is 6.07 Å². The van der Waals surface area contributed by atoms with Crippen molar-refractivity contribution < 1.29 is 23.0 Å². The number of hydrogen-bond donors (Lipinski definition) is 1. The minimum absolute atomic E-state index is 0.0908. The molecule has 21 heavy (non-hydrogen) atoms. The molecule has 114 valence electrons. The van der Waals surface area contributed by atoms with Crippen molar-refractivity contribution in [2.45, 2.75) is 27.0 Å². The maximum Gasteiger partial charge on any atom is 0.387 e. The maximum atomic E-state index is 12.3. The van der Waals surface area contributed by atoms with Crippen LogP contribution in [0.15, 0.2) is 18.2 Å². The number of rotatable bonds is 6. The smallest absolute Gasteiger partial charge is 0.387 e. The summed E-state index contributed by atoms with van der Waals surface area (Å²) in [6, 6.07) is 6.30. The highest BCUT2D eigenvalue weighted by molar-refractivity contribution is 5.84. The Morgan fingerprint density at radius 2 is 2.10 bits per heavy atom. The number of halogens is 2. The molecule has 0 unspecified atom stereocenters. The van der Waals surface area contributed by atoms with Crippen molar-refractivity contribution in [1.82, 2.24) is 5.32 Å². The Bertz CT molecular complexity index is 554. The van der Waals surface area contributed by atoms with Crippen LogP contribution in [0.4, 0.5) is 8.78 Å². The maximum absolute atomic E-state index is 12.3. The molecule has 0 heterocycles. The summed E-state index contributed by atoms with van der Waals surface area (Å²) in [6.45, 7) is 0.0953. The van der Waals surface area contributed by atoms with E-state index in [2.05, 4.69) is 10.1 Å². The van der Waals surface area contributed by atoms with E-state index in [0.717, 1.165) is 0 Å². The summed E-state index contributed by atoms with van der Waals surface area (Å²) in [5.41, 5.74) is -0.608. The van der Waals surface area contributed by atoms with Crippen LogP contribution in [0, 0.1) is 16.7 Å². The first-order valence-electron chi connectivity index (χ1n) is 6.11. The van der Waals surface area contributed by atoms with Gasteiger partial charge in [0.25, 0.3) is 0 Å². The number of nitrogens with zero attached hydrogens (tertiary/aromatic N) is 1. The van der Waals surface area contributed by atoms with Crippen molar-refractivity contribution in [1.29, 1.82) is 5.26 Å². The van der Waals surface area contributed by atoms with E-state index >= 15 is 0 Å². The second-order valence-electron chi connectivity index (χ2n) is 4.78. The monoisotopic (exact) mass is 298 g/mol. The highest BCUT2D eigenvalue weighted by atomic mass is 19.3. The fourth-order valence-electron chi connectivity index (χ4n) is 1.47. The van der Waals surface area contributed by atoms with Gasteiger partial charge in [0.2, 0.25) is 5.91 Å². The van der Waals surface area contributed by atoms with Gasteiger partial charge in [0, 0.05) is 6.54 Å². The van der Waals surface area contributed by atoms with Crippen molar-refractivity contribution in [3.63, 3.8) is 0 Å². The molecule has 1 aromatic rings. The van der Waals surface area contributed by atoms with Crippen molar-refractivity contribution in [2.24, 2.45) is 5.41 Å². The Hall–Kier alpha value is -2.36. The number of carbonyl (C=O) groups is 1. The molecule has 1 aromatic carbocycles. The van der Waals surface area contributed by atoms with Gasteiger partial charge >= 0.3 is 6.61 Å². The van der Waals surface area contributed by atoms with Crippen molar-refractivity contribution in [3.05, 3.63) is 23.8 Å². The van der Waals surface area contributed by atoms with E-state index in [1.54, 1.807) is 6.07 Å². The van der Waals surface area contributed by atoms with E-state index < -0.39 is 17.9 Å². The van der Waals surface area contributed by atoms with Crippen LogP contribution in [0.25, 0.3) is 0 Å². The van der Waals surface area contributed by atoms with Gasteiger partial charge < -0.3 is 14.8 Å². The summed E-state index contributed by atoms with van der Waals surface area (Å²) in [5.74, 6) is -0.390. The lowest BCUT2D eigenvalue weighted by molar-refractivity contribution is -0.126. The standard InChI is InChI=1S/C14H16F2N2O3/c1-14(2,8-17)12(19)18-7-9-4-5-10(20-3)11(6-9)21-13(15)16/h4-6,13H,7H2,1-3H3,(H,18,19). The molecule has 0 aliphatic heterocycles. The van der Waals surface area contributed by atoms with Crippen LogP contribution in [0.3, 0.4) is 0 Å². The molecule has 0 radical (unpaired) electrons. The van der Waals surface area contributed by atoms with Gasteiger partial charge in [-0.15, -0.1) is 0 Å². The van der Waals surface area contributed by atoms with Gasteiger partial charge in [-0.25, -0.2) is 0 Å². The lowest BCUT2D eigenvalue weighted by atomic mass is 9.95. The van der Waals surface area contributed by atoms with Gasteiger partial charge in [0.05, 0.1) is 13.2 Å². The summed E-state index contributed by atoms with van der Waals surface area (Å²) in [5, 5.41) is 11.4. The average Bonchev–Trinajstić information content (AvgIpc) is 2.44. The molecule has 0 atom stereocenters. The fraction of sp³-hybridized carbons (Fsp3) is 0.429. The predicted octanol–water partition coefficient (Wildman–Crippen LogP) is 2.46. The molecule has 0 fully saturated rings. The van der Waals surface area contributed by atoms with Crippen LogP contribution in [0.5, 0.6) is 11.5 Å². The Morgan fingerprint density at radius 3 is 2.62 bits per heavy atom. The minimum atomic E-state index is -2.97. The normalized spacial score (nSPS) is 10.9. The lowest BCUT2D eigenvalue weighted by Gasteiger charge is -2.16. The molecule has 5 nitrogen and oxygen atoms in total. The quantitative estimate of drug-likeness (QED) is 0.875. The molecule has 1 N–H and O–H groups in total. The third-order valence-electron chi connectivity index (χ3n) is 2.74. The molecule has 1 rings (SSSR count). The zero-order valence-corrected chi connectivity index (χ0v) is 11.9. The second-order valence-corrected chi connectivity index (χ2v) is 4.78. The van der Waals surface area contributed by atoms with E-state index in [1.165, 1.54) is 33.1 Å². The number of benzene rings is 1. The number of carbonyl (C=O) groups excluding carboxylic acids is 1. The fourth-order valence-corrected chi connectivity index (χ4v) is 1.47. The summed E-state index contributed by atoms with van der Waals surface area (Å²) in [7, 11) is 1.34. The number of nitrogens with one attached hydrogen (secondary N) is 1. The molecular formula is C14H16F2N2O3. The van der Waals surface area contributed by atoms with Gasteiger partial charge in [0.1, 0.15) is 5.41 Å². The first-order chi connectivity index (χ1) is 9.80. The Balaban J connectivity index is 2.81. The Labute approximate surface area is 121 Å². The molecule has 0 aliphatic rings.